The number of ether oxygens (including phenoxy) is 1. The van der Waals surface area contributed by atoms with Crippen LogP contribution in [0.3, 0.4) is 0 Å². The van der Waals surface area contributed by atoms with E-state index in [1.807, 2.05) is 0 Å². The van der Waals surface area contributed by atoms with Crippen LogP contribution >= 0.6 is 11.6 Å². The van der Waals surface area contributed by atoms with Crippen LogP contribution in [-0.2, 0) is 4.74 Å². The summed E-state index contributed by atoms with van der Waals surface area (Å²) in [6.45, 7) is 3.83. The summed E-state index contributed by atoms with van der Waals surface area (Å²) in [5.74, 6) is 0.348. The van der Waals surface area contributed by atoms with Crippen LogP contribution in [0, 0.1) is 11.8 Å². The van der Waals surface area contributed by atoms with Crippen LogP contribution in [0.5, 0.6) is 0 Å². The summed E-state index contributed by atoms with van der Waals surface area (Å²) < 4.78 is 5.81. The third-order valence-electron chi connectivity index (χ3n) is 4.34. The molecule has 0 spiro atoms. The first kappa shape index (κ1) is 14.8. The molecular formula is C15H20ClN3O2. The first-order valence-electron chi connectivity index (χ1n) is 7.23. The third-order valence-corrected chi connectivity index (χ3v) is 4.64. The second-order valence-electron chi connectivity index (χ2n) is 6.17. The Morgan fingerprint density at radius 2 is 1.81 bits per heavy atom. The molecule has 0 unspecified atom stereocenters. The highest BCUT2D eigenvalue weighted by Crippen LogP contribution is 2.31. The highest BCUT2D eigenvalue weighted by atomic mass is 35.5. The van der Waals surface area contributed by atoms with E-state index >= 15 is 0 Å². The minimum Gasteiger partial charge on any atom is -0.458 e. The predicted molar refractivity (Wildman–Crippen MR) is 80.4 cm³/mol. The topological polar surface area (TPSA) is 45.7 Å². The van der Waals surface area contributed by atoms with Gasteiger partial charge in [-0.05, 0) is 26.2 Å². The van der Waals surface area contributed by atoms with Crippen molar-refractivity contribution in [1.82, 2.24) is 14.8 Å². The molecule has 5 nitrogen and oxygen atoms in total. The fourth-order valence-corrected chi connectivity index (χ4v) is 3.78. The molecule has 114 valence electrons. The summed E-state index contributed by atoms with van der Waals surface area (Å²) in [4.78, 5) is 20.9. The van der Waals surface area contributed by atoms with Crippen LogP contribution < -0.4 is 0 Å². The number of rotatable bonds is 2. The second kappa shape index (κ2) is 5.91. The maximum absolute atomic E-state index is 12.4. The predicted octanol–water partition coefficient (Wildman–Crippen LogP) is 1.38. The van der Waals surface area contributed by atoms with E-state index in [2.05, 4.69) is 28.9 Å². The van der Waals surface area contributed by atoms with E-state index in [0.717, 1.165) is 26.2 Å². The molecule has 0 N–H and O–H groups in total. The third kappa shape index (κ3) is 3.05. The number of hydrogen-bond acceptors (Lipinski definition) is 5. The molecule has 0 atom stereocenters. The van der Waals surface area contributed by atoms with Gasteiger partial charge in [0.2, 0.25) is 0 Å². The molecule has 6 heteroatoms. The number of pyridine rings is 1. The molecule has 0 saturated carbocycles. The van der Waals surface area contributed by atoms with Crippen molar-refractivity contribution in [3.05, 3.63) is 29.0 Å². The van der Waals surface area contributed by atoms with Crippen molar-refractivity contribution in [2.75, 3.05) is 40.3 Å². The van der Waals surface area contributed by atoms with Gasteiger partial charge >= 0.3 is 5.97 Å². The molecule has 0 aliphatic carbocycles. The van der Waals surface area contributed by atoms with E-state index in [1.54, 1.807) is 18.3 Å². The summed E-state index contributed by atoms with van der Waals surface area (Å²) in [5, 5.41) is 0.206. The number of halogens is 1. The Hall–Kier alpha value is -1.17. The Morgan fingerprint density at radius 1 is 1.24 bits per heavy atom. The zero-order chi connectivity index (χ0) is 15.0. The fraction of sp³-hybridized carbons (Fsp3) is 0.600. The van der Waals surface area contributed by atoms with Gasteiger partial charge in [-0.2, -0.15) is 0 Å². The Bertz CT molecular complexity index is 509. The molecule has 2 aliphatic rings. The van der Waals surface area contributed by atoms with E-state index < -0.39 is 0 Å². The Kier molecular flexibility index (Phi) is 4.15. The summed E-state index contributed by atoms with van der Waals surface area (Å²) in [6.07, 6.45) is 1.54. The Morgan fingerprint density at radius 3 is 2.33 bits per heavy atom. The quantitative estimate of drug-likeness (QED) is 0.610. The molecule has 2 saturated heterocycles. The molecule has 1 aromatic heterocycles. The number of piperidine rings is 2. The van der Waals surface area contributed by atoms with Gasteiger partial charge in [-0.15, -0.1) is 0 Å². The zero-order valence-corrected chi connectivity index (χ0v) is 13.1. The smallest absolute Gasteiger partial charge is 0.341 e. The maximum Gasteiger partial charge on any atom is 0.341 e. The van der Waals surface area contributed by atoms with Gasteiger partial charge in [-0.25, -0.2) is 9.78 Å². The van der Waals surface area contributed by atoms with Gasteiger partial charge in [0.15, 0.2) is 0 Å². The fourth-order valence-electron chi connectivity index (χ4n) is 3.58. The lowest BCUT2D eigenvalue weighted by molar-refractivity contribution is -0.0792. The number of carbonyl (C=O) groups is 1. The molecule has 2 aliphatic heterocycles. The minimum atomic E-state index is -0.359. The molecule has 0 amide bonds. The molecule has 21 heavy (non-hydrogen) atoms. The molecular weight excluding hydrogens is 290 g/mol. The van der Waals surface area contributed by atoms with Gasteiger partial charge in [0.05, 0.1) is 5.56 Å². The van der Waals surface area contributed by atoms with E-state index in [-0.39, 0.29) is 17.2 Å². The van der Waals surface area contributed by atoms with E-state index in [1.165, 1.54) is 0 Å². The van der Waals surface area contributed by atoms with Crippen molar-refractivity contribution in [1.29, 1.82) is 0 Å². The maximum atomic E-state index is 12.4. The number of esters is 1. The first-order chi connectivity index (χ1) is 10.0. The average molecular weight is 310 g/mol. The van der Waals surface area contributed by atoms with E-state index in [9.17, 15) is 4.79 Å². The SMILES string of the molecule is CN1CC2CN(C)CC(C1)C2OC(=O)c1cccnc1Cl. The Labute approximate surface area is 129 Å². The largest absolute Gasteiger partial charge is 0.458 e. The minimum absolute atomic E-state index is 0.0267. The van der Waals surface area contributed by atoms with Crippen molar-refractivity contribution in [2.45, 2.75) is 6.10 Å². The van der Waals surface area contributed by atoms with Crippen LogP contribution in [0.15, 0.2) is 18.3 Å². The van der Waals surface area contributed by atoms with Crippen molar-refractivity contribution in [2.24, 2.45) is 11.8 Å². The number of likely N-dealkylation sites (tertiary alicyclic amines) is 2. The summed E-state index contributed by atoms with van der Waals surface area (Å²) in [7, 11) is 4.25. The van der Waals surface area contributed by atoms with Crippen LogP contribution in [0.25, 0.3) is 0 Å². The molecule has 0 aromatic carbocycles. The van der Waals surface area contributed by atoms with E-state index in [4.69, 9.17) is 16.3 Å². The summed E-state index contributed by atoms with van der Waals surface area (Å²) in [5.41, 5.74) is 0.351. The number of hydrogen-bond donors (Lipinski definition) is 0. The molecule has 0 radical (unpaired) electrons. The number of carbonyl (C=O) groups excluding carboxylic acids is 1. The van der Waals surface area contributed by atoms with Crippen LogP contribution in [0.2, 0.25) is 5.15 Å². The van der Waals surface area contributed by atoms with Gasteiger partial charge in [-0.3, -0.25) is 0 Å². The molecule has 2 bridgehead atoms. The Balaban J connectivity index is 1.75. The van der Waals surface area contributed by atoms with Crippen LogP contribution in [-0.4, -0.2) is 67.1 Å². The van der Waals surface area contributed by atoms with Crippen molar-refractivity contribution >= 4 is 17.6 Å². The summed E-state index contributed by atoms with van der Waals surface area (Å²) in [6, 6.07) is 3.36. The van der Waals surface area contributed by atoms with Crippen LogP contribution in [0.1, 0.15) is 10.4 Å². The van der Waals surface area contributed by atoms with Gasteiger partial charge in [0, 0.05) is 44.2 Å². The van der Waals surface area contributed by atoms with Gasteiger partial charge in [0.25, 0.3) is 0 Å². The standard InChI is InChI=1S/C15H20ClN3O2/c1-18-6-10-8-19(2)9-11(7-18)13(10)21-15(20)12-4-3-5-17-14(12)16/h3-5,10-11,13H,6-9H2,1-2H3. The van der Waals surface area contributed by atoms with Gasteiger partial charge in [0.1, 0.15) is 11.3 Å². The second-order valence-corrected chi connectivity index (χ2v) is 6.53. The monoisotopic (exact) mass is 309 g/mol. The highest BCUT2D eigenvalue weighted by molar-refractivity contribution is 6.32. The lowest BCUT2D eigenvalue weighted by atomic mass is 9.82. The van der Waals surface area contributed by atoms with Crippen molar-refractivity contribution < 1.29 is 9.53 Å². The number of fused-ring (bicyclic) bond motifs is 2. The number of nitrogens with zero attached hydrogens (tertiary/aromatic N) is 3. The lowest BCUT2D eigenvalue weighted by Gasteiger charge is -2.48. The molecule has 1 aromatic rings. The molecule has 2 fully saturated rings. The van der Waals surface area contributed by atoms with Crippen molar-refractivity contribution in [3.8, 4) is 0 Å². The lowest BCUT2D eigenvalue weighted by Crippen LogP contribution is -2.59. The molecule has 3 heterocycles. The normalized spacial score (nSPS) is 30.1. The highest BCUT2D eigenvalue weighted by Gasteiger charge is 2.43. The van der Waals surface area contributed by atoms with Gasteiger partial charge in [-0.1, -0.05) is 11.6 Å². The zero-order valence-electron chi connectivity index (χ0n) is 12.3. The van der Waals surface area contributed by atoms with Crippen molar-refractivity contribution in [3.63, 3.8) is 0 Å². The van der Waals surface area contributed by atoms with Gasteiger partial charge < -0.3 is 14.5 Å². The first-order valence-corrected chi connectivity index (χ1v) is 7.61. The van der Waals surface area contributed by atoms with Crippen LogP contribution in [0.4, 0.5) is 0 Å². The average Bonchev–Trinajstić information content (AvgIpc) is 2.40. The number of aromatic nitrogens is 1. The summed E-state index contributed by atoms with van der Waals surface area (Å²) >= 11 is 5.98. The molecule has 3 rings (SSSR count). The van der Waals surface area contributed by atoms with E-state index in [0.29, 0.717) is 17.4 Å².